The average Bonchev–Trinajstić information content (AvgIpc) is 2.56. The van der Waals surface area contributed by atoms with Gasteiger partial charge in [-0.15, -0.1) is 0 Å². The minimum absolute atomic E-state index is 0.203. The van der Waals surface area contributed by atoms with Crippen molar-refractivity contribution in [1.82, 2.24) is 5.32 Å². The number of carbonyl (C=O) groups excluding carboxylic acids is 3. The molecule has 0 saturated carbocycles. The van der Waals surface area contributed by atoms with Gasteiger partial charge in [-0.05, 0) is 18.6 Å². The highest BCUT2D eigenvalue weighted by Crippen LogP contribution is 2.27. The van der Waals surface area contributed by atoms with Crippen molar-refractivity contribution in [3.05, 3.63) is 28.8 Å². The molecule has 0 aliphatic carbocycles. The zero-order chi connectivity index (χ0) is 16.9. The maximum atomic E-state index is 10.6. The molecule has 1 N–H and O–H groups in total. The number of benzene rings is 1. The summed E-state index contributed by atoms with van der Waals surface area (Å²) in [6, 6.07) is 4.96. The van der Waals surface area contributed by atoms with Crippen molar-refractivity contribution in [3.8, 4) is 17.6 Å². The van der Waals surface area contributed by atoms with E-state index < -0.39 is 0 Å². The summed E-state index contributed by atoms with van der Waals surface area (Å²) in [6.45, 7) is 0.203. The molecule has 1 atom stereocenters. The van der Waals surface area contributed by atoms with Crippen LogP contribution in [0.3, 0.4) is 0 Å². The number of hydrogen-bond acceptors (Lipinski definition) is 4. The molecular weight excluding hydrogens is 318 g/mol. The van der Waals surface area contributed by atoms with Crippen molar-refractivity contribution in [3.63, 3.8) is 0 Å². The molecule has 23 heavy (non-hydrogen) atoms. The molecule has 0 spiro atoms. The highest BCUT2D eigenvalue weighted by molar-refractivity contribution is 6.33. The molecule has 1 aromatic rings. The van der Waals surface area contributed by atoms with Crippen LogP contribution in [0.5, 0.6) is 5.75 Å². The number of halogens is 1. The predicted octanol–water partition coefficient (Wildman–Crippen LogP) is 2.14. The Kier molecular flexibility index (Phi) is 9.18. The van der Waals surface area contributed by atoms with E-state index in [0.717, 1.165) is 12.6 Å². The van der Waals surface area contributed by atoms with Crippen LogP contribution in [0.2, 0.25) is 5.02 Å². The largest absolute Gasteiger partial charge is 0.490 e. The third-order valence-corrected chi connectivity index (χ3v) is 3.34. The fourth-order valence-corrected chi connectivity index (χ4v) is 2.01. The van der Waals surface area contributed by atoms with Crippen LogP contribution < -0.4 is 10.1 Å². The van der Waals surface area contributed by atoms with Gasteiger partial charge in [0.1, 0.15) is 24.9 Å². The maximum Gasteiger partial charge on any atom is 0.207 e. The van der Waals surface area contributed by atoms with Crippen LogP contribution >= 0.6 is 11.6 Å². The lowest BCUT2D eigenvalue weighted by Crippen LogP contribution is -2.33. The summed E-state index contributed by atoms with van der Waals surface area (Å²) in [4.78, 5) is 31.2. The molecule has 122 valence electrons. The Hall–Kier alpha value is -2.32. The second kappa shape index (κ2) is 11.3. The number of ether oxygens (including phenoxy) is 1. The van der Waals surface area contributed by atoms with Crippen LogP contribution in [0.25, 0.3) is 0 Å². The molecule has 0 aromatic heterocycles. The molecule has 0 saturated heterocycles. The van der Waals surface area contributed by atoms with Gasteiger partial charge in [0.2, 0.25) is 6.41 Å². The van der Waals surface area contributed by atoms with E-state index in [1.807, 2.05) is 0 Å². The molecule has 1 unspecified atom stereocenters. The van der Waals surface area contributed by atoms with Crippen molar-refractivity contribution in [1.29, 1.82) is 0 Å². The van der Waals surface area contributed by atoms with E-state index in [0.29, 0.717) is 48.4 Å². The van der Waals surface area contributed by atoms with Crippen molar-refractivity contribution >= 4 is 30.6 Å². The normalized spacial score (nSPS) is 10.8. The van der Waals surface area contributed by atoms with Crippen molar-refractivity contribution in [2.24, 2.45) is 0 Å². The van der Waals surface area contributed by atoms with E-state index in [2.05, 4.69) is 17.2 Å². The summed E-state index contributed by atoms with van der Waals surface area (Å²) in [5, 5.41) is 2.98. The van der Waals surface area contributed by atoms with Crippen LogP contribution in [-0.4, -0.2) is 31.6 Å². The first-order valence-corrected chi connectivity index (χ1v) is 7.57. The first-order chi connectivity index (χ1) is 11.2. The lowest BCUT2D eigenvalue weighted by Gasteiger charge is -2.16. The molecule has 6 heteroatoms. The molecule has 1 amide bonds. The number of hydrogen-bond donors (Lipinski definition) is 1. The second-order valence-corrected chi connectivity index (χ2v) is 5.04. The van der Waals surface area contributed by atoms with E-state index >= 15 is 0 Å². The summed E-state index contributed by atoms with van der Waals surface area (Å²) in [5.74, 6) is 6.22. The summed E-state index contributed by atoms with van der Waals surface area (Å²) in [6.07, 6.45) is 3.88. The summed E-state index contributed by atoms with van der Waals surface area (Å²) in [7, 11) is 0. The zero-order valence-electron chi connectivity index (χ0n) is 12.6. The van der Waals surface area contributed by atoms with Gasteiger partial charge in [-0.1, -0.05) is 29.5 Å². The molecule has 0 fully saturated rings. The molecule has 1 rings (SSSR count). The molecule has 0 aliphatic rings. The number of unbranched alkanes of at least 4 members (excludes halogenated alkanes) is 1. The smallest absolute Gasteiger partial charge is 0.207 e. The van der Waals surface area contributed by atoms with E-state index in [1.165, 1.54) is 0 Å². The van der Waals surface area contributed by atoms with Gasteiger partial charge < -0.3 is 19.6 Å². The summed E-state index contributed by atoms with van der Waals surface area (Å²) < 4.78 is 5.62. The van der Waals surface area contributed by atoms with Crippen LogP contribution in [0.15, 0.2) is 18.2 Å². The second-order valence-electron chi connectivity index (χ2n) is 4.66. The Labute approximate surface area is 140 Å². The van der Waals surface area contributed by atoms with Crippen molar-refractivity contribution in [2.45, 2.75) is 31.7 Å². The number of nitrogens with one attached hydrogen (secondary N) is 1. The molecule has 0 aliphatic heterocycles. The van der Waals surface area contributed by atoms with Crippen molar-refractivity contribution < 1.29 is 19.1 Å². The first-order valence-electron chi connectivity index (χ1n) is 7.20. The lowest BCUT2D eigenvalue weighted by atomic mass is 10.2. The van der Waals surface area contributed by atoms with Crippen molar-refractivity contribution in [2.75, 3.05) is 6.61 Å². The van der Waals surface area contributed by atoms with E-state index in [9.17, 15) is 14.4 Å². The minimum atomic E-state index is -0.268. The van der Waals surface area contributed by atoms with Gasteiger partial charge in [-0.25, -0.2) is 0 Å². The highest BCUT2D eigenvalue weighted by Gasteiger charge is 2.11. The number of amides is 1. The van der Waals surface area contributed by atoms with Gasteiger partial charge >= 0.3 is 0 Å². The first kappa shape index (κ1) is 18.7. The third kappa shape index (κ3) is 6.98. The molecule has 0 bridgehead atoms. The highest BCUT2D eigenvalue weighted by atomic mass is 35.5. The van der Waals surface area contributed by atoms with Crippen LogP contribution in [-0.2, 0) is 14.4 Å². The van der Waals surface area contributed by atoms with E-state index in [1.54, 1.807) is 18.2 Å². The third-order valence-electron chi connectivity index (χ3n) is 2.95. The monoisotopic (exact) mass is 335 g/mol. The van der Waals surface area contributed by atoms with Gasteiger partial charge in [0.05, 0.1) is 11.1 Å². The molecule has 0 heterocycles. The summed E-state index contributed by atoms with van der Waals surface area (Å²) >= 11 is 6.24. The average molecular weight is 336 g/mol. The fourth-order valence-electron chi connectivity index (χ4n) is 1.78. The zero-order valence-corrected chi connectivity index (χ0v) is 13.3. The standard InChI is InChI=1S/C17H18ClNO4/c18-17-14(6-2-1-3-10-20)7-4-9-16(17)23-12-15(19-13-22)8-5-11-21/h4,7,9-11,13,15H,1,3,5,8,12H2,(H,19,22). The summed E-state index contributed by atoms with van der Waals surface area (Å²) in [5.41, 5.74) is 0.614. The quantitative estimate of drug-likeness (QED) is 0.404. The van der Waals surface area contributed by atoms with E-state index in [4.69, 9.17) is 16.3 Å². The van der Waals surface area contributed by atoms with Crippen LogP contribution in [0.1, 0.15) is 31.2 Å². The fraction of sp³-hybridized carbons (Fsp3) is 0.353. The van der Waals surface area contributed by atoms with Crippen LogP contribution in [0, 0.1) is 11.8 Å². The molecule has 0 radical (unpaired) electrons. The number of carbonyl (C=O) groups is 3. The Balaban J connectivity index is 2.71. The Morgan fingerprint density at radius 1 is 1.22 bits per heavy atom. The minimum Gasteiger partial charge on any atom is -0.490 e. The molecule has 5 nitrogen and oxygen atoms in total. The van der Waals surface area contributed by atoms with Gasteiger partial charge in [0.15, 0.2) is 0 Å². The Morgan fingerprint density at radius 3 is 2.70 bits per heavy atom. The molecule has 1 aromatic carbocycles. The van der Waals surface area contributed by atoms with Gasteiger partial charge in [-0.3, -0.25) is 4.79 Å². The SMILES string of the molecule is O=CCCC#Cc1cccc(OCC(CCC=O)NC=O)c1Cl. The van der Waals surface area contributed by atoms with Crippen LogP contribution in [0.4, 0.5) is 0 Å². The predicted molar refractivity (Wildman–Crippen MR) is 87.4 cm³/mol. The maximum absolute atomic E-state index is 10.6. The number of aldehydes is 2. The lowest BCUT2D eigenvalue weighted by molar-refractivity contribution is -0.111. The van der Waals surface area contributed by atoms with Gasteiger partial charge in [-0.2, -0.15) is 0 Å². The van der Waals surface area contributed by atoms with Gasteiger partial charge in [0.25, 0.3) is 0 Å². The topological polar surface area (TPSA) is 72.5 Å². The Morgan fingerprint density at radius 2 is 2.00 bits per heavy atom. The van der Waals surface area contributed by atoms with E-state index in [-0.39, 0.29) is 12.6 Å². The number of rotatable bonds is 10. The van der Waals surface area contributed by atoms with Gasteiger partial charge in [0, 0.05) is 24.8 Å². The molecular formula is C17H18ClNO4. The Bertz CT molecular complexity index is 592.